The van der Waals surface area contributed by atoms with Crippen LogP contribution in [0.2, 0.25) is 0 Å². The number of benzene rings is 2. The molecular weight excluding hydrogens is 384 g/mol. The van der Waals surface area contributed by atoms with Crippen molar-refractivity contribution in [3.63, 3.8) is 0 Å². The molecule has 4 N–H and O–H groups in total. The monoisotopic (exact) mass is 406 g/mol. The number of amides is 3. The molecule has 0 aliphatic rings. The first-order chi connectivity index (χ1) is 14.5. The third-order valence-corrected chi connectivity index (χ3v) is 4.22. The second-order valence-corrected chi connectivity index (χ2v) is 6.40. The molecule has 0 saturated carbocycles. The highest BCUT2D eigenvalue weighted by molar-refractivity contribution is 5.98. The first-order valence-corrected chi connectivity index (χ1v) is 9.31. The molecule has 154 valence electrons. The van der Waals surface area contributed by atoms with Crippen LogP contribution in [0.5, 0.6) is 0 Å². The van der Waals surface area contributed by atoms with E-state index in [1.807, 2.05) is 0 Å². The van der Waals surface area contributed by atoms with Crippen molar-refractivity contribution >= 4 is 29.1 Å². The van der Waals surface area contributed by atoms with Crippen molar-refractivity contribution in [3.8, 4) is 0 Å². The van der Waals surface area contributed by atoms with Gasteiger partial charge in [-0.1, -0.05) is 12.1 Å². The number of rotatable bonds is 8. The topological polar surface area (TPSA) is 112 Å². The van der Waals surface area contributed by atoms with Gasteiger partial charge in [0.25, 0.3) is 11.8 Å². The summed E-state index contributed by atoms with van der Waals surface area (Å²) < 4.78 is 5.19. The molecule has 0 bridgehead atoms. The molecule has 3 aromatic rings. The van der Waals surface area contributed by atoms with Crippen LogP contribution >= 0.6 is 0 Å². The third-order valence-electron chi connectivity index (χ3n) is 4.22. The largest absolute Gasteiger partial charge is 0.467 e. The van der Waals surface area contributed by atoms with Gasteiger partial charge < -0.3 is 25.7 Å². The molecule has 0 radical (unpaired) electrons. The molecule has 1 heterocycles. The zero-order valence-electron chi connectivity index (χ0n) is 16.4. The van der Waals surface area contributed by atoms with Gasteiger partial charge in [-0.3, -0.25) is 14.4 Å². The smallest absolute Gasteiger partial charge is 0.251 e. The summed E-state index contributed by atoms with van der Waals surface area (Å²) in [6.07, 6.45) is 1.55. The minimum absolute atomic E-state index is 0.00166. The highest BCUT2D eigenvalue weighted by Gasteiger charge is 2.09. The van der Waals surface area contributed by atoms with Crippen LogP contribution in [0.15, 0.2) is 71.3 Å². The lowest BCUT2D eigenvalue weighted by Crippen LogP contribution is -2.24. The summed E-state index contributed by atoms with van der Waals surface area (Å²) in [5.74, 6) is -0.0941. The van der Waals surface area contributed by atoms with E-state index in [-0.39, 0.29) is 24.3 Å². The molecule has 0 aliphatic heterocycles. The van der Waals surface area contributed by atoms with Gasteiger partial charge in [-0.05, 0) is 48.5 Å². The lowest BCUT2D eigenvalue weighted by atomic mass is 10.2. The molecule has 3 rings (SSSR count). The summed E-state index contributed by atoms with van der Waals surface area (Å²) in [5.41, 5.74) is 2.07. The Bertz CT molecular complexity index is 1030. The molecular formula is C22H22N4O4. The number of carbonyl (C=O) groups excluding carboxylic acids is 3. The van der Waals surface area contributed by atoms with Gasteiger partial charge in [0.2, 0.25) is 5.91 Å². The van der Waals surface area contributed by atoms with E-state index < -0.39 is 0 Å². The Labute approximate surface area is 173 Å². The third kappa shape index (κ3) is 5.71. The van der Waals surface area contributed by atoms with Crippen LogP contribution in [0.1, 0.15) is 26.5 Å². The average Bonchev–Trinajstić information content (AvgIpc) is 3.29. The predicted molar refractivity (Wildman–Crippen MR) is 113 cm³/mol. The first kappa shape index (κ1) is 20.7. The van der Waals surface area contributed by atoms with E-state index in [4.69, 9.17) is 4.42 Å². The lowest BCUT2D eigenvalue weighted by Gasteiger charge is -2.10. The maximum Gasteiger partial charge on any atom is 0.251 e. The molecule has 8 nitrogen and oxygen atoms in total. The van der Waals surface area contributed by atoms with Crippen molar-refractivity contribution in [2.24, 2.45) is 0 Å². The Hall–Kier alpha value is -4.07. The van der Waals surface area contributed by atoms with Crippen molar-refractivity contribution in [3.05, 3.63) is 83.8 Å². The van der Waals surface area contributed by atoms with Crippen molar-refractivity contribution in [2.45, 2.75) is 6.54 Å². The zero-order chi connectivity index (χ0) is 21.3. The molecule has 30 heavy (non-hydrogen) atoms. The van der Waals surface area contributed by atoms with Crippen molar-refractivity contribution in [1.29, 1.82) is 0 Å². The quantitative estimate of drug-likeness (QED) is 0.459. The van der Waals surface area contributed by atoms with E-state index >= 15 is 0 Å². The maximum atomic E-state index is 12.3. The number of carbonyl (C=O) groups is 3. The van der Waals surface area contributed by atoms with Gasteiger partial charge in [-0.15, -0.1) is 0 Å². The summed E-state index contributed by atoms with van der Waals surface area (Å²) in [6.45, 7) is 0.294. The molecule has 0 spiro atoms. The SMILES string of the molecule is CNC(=O)c1cccc(NC(=O)CNc2cccc(C(=O)NCc3ccco3)c2)c1. The highest BCUT2D eigenvalue weighted by Crippen LogP contribution is 2.13. The molecule has 0 fully saturated rings. The van der Waals surface area contributed by atoms with Crippen molar-refractivity contribution < 1.29 is 18.8 Å². The number of hydrogen-bond donors (Lipinski definition) is 4. The Balaban J connectivity index is 1.53. The number of nitrogens with one attached hydrogen (secondary N) is 4. The van der Waals surface area contributed by atoms with Gasteiger partial charge in [0.05, 0.1) is 19.4 Å². The molecule has 3 amide bonds. The van der Waals surface area contributed by atoms with Gasteiger partial charge in [0.1, 0.15) is 5.76 Å². The second-order valence-electron chi connectivity index (χ2n) is 6.40. The van der Waals surface area contributed by atoms with Gasteiger partial charge in [0.15, 0.2) is 0 Å². The molecule has 1 aromatic heterocycles. The minimum atomic E-state index is -0.281. The standard InChI is InChI=1S/C22H22N4O4/c1-23-21(28)15-5-3-8-18(12-15)26-20(27)14-24-17-7-2-6-16(11-17)22(29)25-13-19-9-4-10-30-19/h2-12,24H,13-14H2,1H3,(H,23,28)(H,25,29)(H,26,27). The van der Waals surface area contributed by atoms with Crippen LogP contribution in [0.25, 0.3) is 0 Å². The fourth-order valence-electron chi connectivity index (χ4n) is 2.72. The van der Waals surface area contributed by atoms with Crippen LogP contribution in [-0.4, -0.2) is 31.3 Å². The normalized spacial score (nSPS) is 10.2. The Morgan fingerprint density at radius 1 is 0.867 bits per heavy atom. The van der Waals surface area contributed by atoms with Crippen LogP contribution in [0.4, 0.5) is 11.4 Å². The zero-order valence-corrected chi connectivity index (χ0v) is 16.4. The first-order valence-electron chi connectivity index (χ1n) is 9.31. The second kappa shape index (κ2) is 9.92. The van der Waals surface area contributed by atoms with Gasteiger partial charge in [-0.25, -0.2) is 0 Å². The summed E-state index contributed by atoms with van der Waals surface area (Å²) in [6, 6.07) is 17.0. The molecule has 0 aliphatic carbocycles. The van der Waals surface area contributed by atoms with E-state index in [9.17, 15) is 14.4 Å². The maximum absolute atomic E-state index is 12.3. The minimum Gasteiger partial charge on any atom is -0.467 e. The summed E-state index contributed by atoms with van der Waals surface area (Å²) in [7, 11) is 1.54. The number of furan rings is 1. The highest BCUT2D eigenvalue weighted by atomic mass is 16.3. The summed E-state index contributed by atoms with van der Waals surface area (Å²) in [4.78, 5) is 36.2. The van der Waals surface area contributed by atoms with E-state index in [0.717, 1.165) is 0 Å². The van der Waals surface area contributed by atoms with Crippen molar-refractivity contribution in [2.75, 3.05) is 24.2 Å². The fraction of sp³-hybridized carbons (Fsp3) is 0.136. The Kier molecular flexibility index (Phi) is 6.83. The molecule has 0 saturated heterocycles. The molecule has 2 aromatic carbocycles. The van der Waals surface area contributed by atoms with Gasteiger partial charge in [-0.2, -0.15) is 0 Å². The van der Waals surface area contributed by atoms with Crippen LogP contribution < -0.4 is 21.3 Å². The molecule has 0 atom stereocenters. The van der Waals surface area contributed by atoms with Crippen LogP contribution in [0.3, 0.4) is 0 Å². The lowest BCUT2D eigenvalue weighted by molar-refractivity contribution is -0.114. The van der Waals surface area contributed by atoms with E-state index in [2.05, 4.69) is 21.3 Å². The molecule has 8 heteroatoms. The summed E-state index contributed by atoms with van der Waals surface area (Å²) in [5, 5.41) is 11.0. The van der Waals surface area contributed by atoms with Gasteiger partial charge in [0, 0.05) is 29.5 Å². The van der Waals surface area contributed by atoms with Crippen LogP contribution in [-0.2, 0) is 11.3 Å². The van der Waals surface area contributed by atoms with E-state index in [0.29, 0.717) is 34.8 Å². The van der Waals surface area contributed by atoms with E-state index in [1.165, 1.54) is 0 Å². The fourth-order valence-corrected chi connectivity index (χ4v) is 2.72. The molecule has 0 unspecified atom stereocenters. The average molecular weight is 406 g/mol. The van der Waals surface area contributed by atoms with Crippen molar-refractivity contribution in [1.82, 2.24) is 10.6 Å². The predicted octanol–water partition coefficient (Wildman–Crippen LogP) is 2.62. The van der Waals surface area contributed by atoms with Crippen LogP contribution in [0, 0.1) is 0 Å². The number of anilines is 2. The number of hydrogen-bond acceptors (Lipinski definition) is 5. The van der Waals surface area contributed by atoms with E-state index in [1.54, 1.807) is 74.0 Å². The van der Waals surface area contributed by atoms with Gasteiger partial charge >= 0.3 is 0 Å². The summed E-state index contributed by atoms with van der Waals surface area (Å²) >= 11 is 0. The Morgan fingerprint density at radius 2 is 1.57 bits per heavy atom. The Morgan fingerprint density at radius 3 is 2.27 bits per heavy atom.